The van der Waals surface area contributed by atoms with Gasteiger partial charge in [0.05, 0.1) is 17.7 Å². The quantitative estimate of drug-likeness (QED) is 0.250. The Hall–Kier alpha value is -4.63. The van der Waals surface area contributed by atoms with Gasteiger partial charge in [0, 0.05) is 20.0 Å². The van der Waals surface area contributed by atoms with Gasteiger partial charge >= 0.3 is 0 Å². The van der Waals surface area contributed by atoms with Gasteiger partial charge in [-0.3, -0.25) is 13.9 Å². The van der Waals surface area contributed by atoms with Crippen molar-refractivity contribution in [3.05, 3.63) is 125 Å². The monoisotopic (exact) mass is 599 g/mol. The Morgan fingerprint density at radius 1 is 0.814 bits per heavy atom. The third kappa shape index (κ3) is 7.61. The van der Waals surface area contributed by atoms with Gasteiger partial charge in [-0.1, -0.05) is 84.4 Å². The molecule has 0 aromatic heterocycles. The van der Waals surface area contributed by atoms with Gasteiger partial charge in [0.1, 0.15) is 18.3 Å². The van der Waals surface area contributed by atoms with Crippen molar-refractivity contribution in [2.45, 2.75) is 37.8 Å². The first-order valence-electron chi connectivity index (χ1n) is 14.0. The van der Waals surface area contributed by atoms with Crippen LogP contribution in [-0.2, 0) is 32.6 Å². The third-order valence-corrected chi connectivity index (χ3v) is 8.98. The number of aryl methyl sites for hydroxylation is 2. The second-order valence-electron chi connectivity index (χ2n) is 10.3. The Labute approximate surface area is 254 Å². The molecule has 0 aliphatic rings. The van der Waals surface area contributed by atoms with E-state index in [1.165, 1.54) is 31.2 Å². The van der Waals surface area contributed by atoms with E-state index in [2.05, 4.69) is 5.32 Å². The number of carbonyl (C=O) groups excluding carboxylic acids is 2. The number of rotatable bonds is 12. The molecule has 0 heterocycles. The van der Waals surface area contributed by atoms with Crippen molar-refractivity contribution in [1.82, 2.24) is 10.2 Å². The topological polar surface area (TPSA) is 96.0 Å². The molecule has 8 nitrogen and oxygen atoms in total. The highest BCUT2D eigenvalue weighted by atomic mass is 32.2. The van der Waals surface area contributed by atoms with Crippen LogP contribution in [0, 0.1) is 13.8 Å². The van der Waals surface area contributed by atoms with E-state index in [1.54, 1.807) is 24.3 Å². The van der Waals surface area contributed by atoms with Crippen LogP contribution in [0.25, 0.3) is 0 Å². The zero-order chi connectivity index (χ0) is 31.0. The number of methoxy groups -OCH3 is 1. The maximum atomic E-state index is 14.4. The highest BCUT2D eigenvalue weighted by Crippen LogP contribution is 2.34. The van der Waals surface area contributed by atoms with Crippen molar-refractivity contribution in [2.75, 3.05) is 25.0 Å². The summed E-state index contributed by atoms with van der Waals surface area (Å²) in [5.41, 5.74) is 3.60. The van der Waals surface area contributed by atoms with E-state index in [0.29, 0.717) is 5.75 Å². The molecule has 1 atom stereocenters. The minimum atomic E-state index is -4.23. The van der Waals surface area contributed by atoms with Crippen LogP contribution in [0.4, 0.5) is 5.69 Å². The van der Waals surface area contributed by atoms with Crippen molar-refractivity contribution < 1.29 is 22.7 Å². The molecule has 0 spiro atoms. The number of likely N-dealkylation sites (N-methyl/N-ethyl adjacent to an activating group) is 1. The number of hydrogen-bond donors (Lipinski definition) is 1. The lowest BCUT2D eigenvalue weighted by Crippen LogP contribution is -2.53. The molecule has 0 saturated heterocycles. The van der Waals surface area contributed by atoms with Crippen molar-refractivity contribution >= 4 is 27.5 Å². The molecule has 224 valence electrons. The van der Waals surface area contributed by atoms with Gasteiger partial charge < -0.3 is 15.0 Å². The number of ether oxygens (including phenoxy) is 1. The number of amides is 2. The lowest BCUT2D eigenvalue weighted by atomic mass is 10.0. The molecule has 2 amide bonds. The lowest BCUT2D eigenvalue weighted by molar-refractivity contribution is -0.139. The number of carbonyl (C=O) groups is 2. The molecule has 0 bridgehead atoms. The standard InChI is InChI=1S/C34H37N3O5S/c1-25-15-18-29(19-16-25)43(40,41)37(30-21-26(2)17-20-32(30)42-4)24-33(38)36(23-28-13-9-6-10-14-28)31(34(39)35-3)22-27-11-7-5-8-12-27/h5-21,31H,22-24H2,1-4H3,(H,35,39)/t31-/m1/s1. The molecule has 0 unspecified atom stereocenters. The number of sulfonamides is 1. The Balaban J connectivity index is 1.83. The number of benzene rings is 4. The molecule has 4 aromatic carbocycles. The average Bonchev–Trinajstić information content (AvgIpc) is 3.02. The number of nitrogens with one attached hydrogen (secondary N) is 1. The van der Waals surface area contributed by atoms with Crippen LogP contribution in [0.3, 0.4) is 0 Å². The van der Waals surface area contributed by atoms with E-state index in [4.69, 9.17) is 4.74 Å². The molecule has 9 heteroatoms. The summed E-state index contributed by atoms with van der Waals surface area (Å²) in [6.07, 6.45) is 0.248. The molecule has 0 saturated carbocycles. The summed E-state index contributed by atoms with van der Waals surface area (Å²) in [6, 6.07) is 29.5. The van der Waals surface area contributed by atoms with Crippen LogP contribution >= 0.6 is 0 Å². The maximum absolute atomic E-state index is 14.4. The molecule has 43 heavy (non-hydrogen) atoms. The Morgan fingerprint density at radius 2 is 1.40 bits per heavy atom. The third-order valence-electron chi connectivity index (χ3n) is 7.20. The van der Waals surface area contributed by atoms with Crippen LogP contribution in [0.5, 0.6) is 5.75 Å². The molecule has 0 fully saturated rings. The largest absolute Gasteiger partial charge is 0.495 e. The highest BCUT2D eigenvalue weighted by Gasteiger charge is 2.35. The molecular formula is C34H37N3O5S. The number of hydrogen-bond acceptors (Lipinski definition) is 5. The van der Waals surface area contributed by atoms with Crippen LogP contribution in [-0.4, -0.2) is 51.9 Å². The second kappa shape index (κ2) is 14.0. The number of anilines is 1. The summed E-state index contributed by atoms with van der Waals surface area (Å²) in [4.78, 5) is 29.2. The highest BCUT2D eigenvalue weighted by molar-refractivity contribution is 7.92. The van der Waals surface area contributed by atoms with E-state index in [0.717, 1.165) is 26.6 Å². The SMILES string of the molecule is CNC(=O)[C@@H](Cc1ccccc1)N(Cc1ccccc1)C(=O)CN(c1cc(C)ccc1OC)S(=O)(=O)c1ccc(C)cc1. The fraction of sp³-hybridized carbons (Fsp3) is 0.235. The van der Waals surface area contributed by atoms with E-state index < -0.39 is 28.5 Å². The van der Waals surface area contributed by atoms with Gasteiger partial charge in [-0.05, 0) is 54.8 Å². The predicted octanol–water partition coefficient (Wildman–Crippen LogP) is 4.89. The average molecular weight is 600 g/mol. The minimum absolute atomic E-state index is 0.0382. The zero-order valence-electron chi connectivity index (χ0n) is 24.9. The first-order valence-corrected chi connectivity index (χ1v) is 15.4. The summed E-state index contributed by atoms with van der Waals surface area (Å²) in [5.74, 6) is -0.585. The first kappa shape index (κ1) is 31.3. The summed E-state index contributed by atoms with van der Waals surface area (Å²) in [5, 5.41) is 2.69. The van der Waals surface area contributed by atoms with Gasteiger partial charge in [-0.2, -0.15) is 0 Å². The molecule has 1 N–H and O–H groups in total. The predicted molar refractivity (Wildman–Crippen MR) is 168 cm³/mol. The molecule has 0 aliphatic carbocycles. The Bertz CT molecular complexity index is 1640. The fourth-order valence-corrected chi connectivity index (χ4v) is 6.26. The maximum Gasteiger partial charge on any atom is 0.264 e. The second-order valence-corrected chi connectivity index (χ2v) is 12.2. The lowest BCUT2D eigenvalue weighted by Gasteiger charge is -2.34. The van der Waals surface area contributed by atoms with E-state index in [9.17, 15) is 18.0 Å². The summed E-state index contributed by atoms with van der Waals surface area (Å²) < 4.78 is 35.1. The fourth-order valence-electron chi connectivity index (χ4n) is 4.85. The zero-order valence-corrected chi connectivity index (χ0v) is 25.7. The molecule has 4 rings (SSSR count). The Kier molecular flexibility index (Phi) is 10.2. The molecular weight excluding hydrogens is 562 g/mol. The smallest absolute Gasteiger partial charge is 0.264 e. The van der Waals surface area contributed by atoms with E-state index >= 15 is 0 Å². The molecule has 0 radical (unpaired) electrons. The van der Waals surface area contributed by atoms with Crippen LogP contribution < -0.4 is 14.4 Å². The van der Waals surface area contributed by atoms with Gasteiger partial charge in [-0.25, -0.2) is 8.42 Å². The summed E-state index contributed by atoms with van der Waals surface area (Å²) in [6.45, 7) is 3.26. The van der Waals surface area contributed by atoms with Gasteiger partial charge in [0.2, 0.25) is 11.8 Å². The van der Waals surface area contributed by atoms with Crippen molar-refractivity contribution in [1.29, 1.82) is 0 Å². The van der Waals surface area contributed by atoms with Crippen LogP contribution in [0.2, 0.25) is 0 Å². The van der Waals surface area contributed by atoms with Gasteiger partial charge in [0.15, 0.2) is 0 Å². The normalized spacial score (nSPS) is 11.8. The summed E-state index contributed by atoms with van der Waals surface area (Å²) in [7, 11) is -1.25. The van der Waals surface area contributed by atoms with Crippen molar-refractivity contribution in [3.8, 4) is 5.75 Å². The molecule has 0 aliphatic heterocycles. The summed E-state index contributed by atoms with van der Waals surface area (Å²) >= 11 is 0. The van der Waals surface area contributed by atoms with E-state index in [-0.39, 0.29) is 29.5 Å². The van der Waals surface area contributed by atoms with Crippen LogP contribution in [0.1, 0.15) is 22.3 Å². The van der Waals surface area contributed by atoms with Crippen molar-refractivity contribution in [3.63, 3.8) is 0 Å². The van der Waals surface area contributed by atoms with Crippen LogP contribution in [0.15, 0.2) is 108 Å². The van der Waals surface area contributed by atoms with Gasteiger partial charge in [0.25, 0.3) is 10.0 Å². The van der Waals surface area contributed by atoms with E-state index in [1.807, 2.05) is 80.6 Å². The van der Waals surface area contributed by atoms with Crippen molar-refractivity contribution in [2.24, 2.45) is 0 Å². The Morgan fingerprint density at radius 3 is 1.98 bits per heavy atom. The van der Waals surface area contributed by atoms with Gasteiger partial charge in [-0.15, -0.1) is 0 Å². The minimum Gasteiger partial charge on any atom is -0.495 e. The first-order chi connectivity index (χ1) is 20.6. The number of nitrogens with zero attached hydrogens (tertiary/aromatic N) is 2. The molecule has 4 aromatic rings.